The lowest BCUT2D eigenvalue weighted by molar-refractivity contribution is -0.131. The van der Waals surface area contributed by atoms with Crippen LogP contribution in [0.2, 0.25) is 0 Å². The molecule has 2 bridgehead atoms. The lowest BCUT2D eigenvalue weighted by Gasteiger charge is -2.35. The molecule has 2 heterocycles. The van der Waals surface area contributed by atoms with Crippen LogP contribution in [0.25, 0.3) is 10.1 Å². The summed E-state index contributed by atoms with van der Waals surface area (Å²) in [5.41, 5.74) is 0. The van der Waals surface area contributed by atoms with Gasteiger partial charge in [0.25, 0.3) is 0 Å². The Bertz CT molecular complexity index is 891. The first-order valence-electron chi connectivity index (χ1n) is 12.2. The highest BCUT2D eigenvalue weighted by Crippen LogP contribution is 2.49. The molecular formula is C25H36N4OS. The number of rotatable bonds is 8. The van der Waals surface area contributed by atoms with Gasteiger partial charge in [0.05, 0.1) is 4.70 Å². The highest BCUT2D eigenvalue weighted by molar-refractivity contribution is 7.13. The Morgan fingerprint density at radius 3 is 2.74 bits per heavy atom. The second kappa shape index (κ2) is 9.45. The van der Waals surface area contributed by atoms with Crippen molar-refractivity contribution in [3.8, 4) is 0 Å². The minimum atomic E-state index is 0.377. The molecule has 3 unspecified atom stereocenters. The Labute approximate surface area is 190 Å². The van der Waals surface area contributed by atoms with Gasteiger partial charge < -0.3 is 9.80 Å². The molecular weight excluding hydrogens is 404 g/mol. The lowest BCUT2D eigenvalue weighted by Crippen LogP contribution is -2.46. The summed E-state index contributed by atoms with van der Waals surface area (Å²) in [6.07, 6.45) is 8.57. The van der Waals surface area contributed by atoms with Crippen molar-refractivity contribution in [2.45, 2.75) is 44.9 Å². The van der Waals surface area contributed by atoms with Crippen LogP contribution in [0.5, 0.6) is 0 Å². The Balaban J connectivity index is 0.992. The minimum absolute atomic E-state index is 0.377. The van der Waals surface area contributed by atoms with E-state index in [2.05, 4.69) is 34.1 Å². The zero-order valence-electron chi connectivity index (χ0n) is 18.8. The third-order valence-corrected chi connectivity index (χ3v) is 8.81. The van der Waals surface area contributed by atoms with E-state index in [-0.39, 0.29) is 0 Å². The van der Waals surface area contributed by atoms with Crippen molar-refractivity contribution >= 4 is 33.3 Å². The number of amides is 1. The number of anilines is 1. The SMILES string of the molecule is CN(CCCCN1CCN(c2nsc3ccccc23)CC1)C(=O)CC1CC2CCC1C2. The van der Waals surface area contributed by atoms with Gasteiger partial charge in [0, 0.05) is 51.6 Å². The maximum Gasteiger partial charge on any atom is 0.222 e. The Kier molecular flexibility index (Phi) is 6.46. The van der Waals surface area contributed by atoms with Gasteiger partial charge in [0.15, 0.2) is 0 Å². The second-order valence-electron chi connectivity index (χ2n) is 9.99. The van der Waals surface area contributed by atoms with Crippen molar-refractivity contribution in [1.29, 1.82) is 0 Å². The van der Waals surface area contributed by atoms with Gasteiger partial charge in [-0.2, -0.15) is 4.37 Å². The number of fused-ring (bicyclic) bond motifs is 3. The summed E-state index contributed by atoms with van der Waals surface area (Å²) in [5, 5.41) is 1.29. The summed E-state index contributed by atoms with van der Waals surface area (Å²) >= 11 is 1.61. The van der Waals surface area contributed by atoms with Crippen LogP contribution in [0.15, 0.2) is 24.3 Å². The molecule has 3 atom stereocenters. The van der Waals surface area contributed by atoms with E-state index in [1.54, 1.807) is 11.5 Å². The molecule has 1 aromatic carbocycles. The summed E-state index contributed by atoms with van der Waals surface area (Å²) in [5.74, 6) is 4.00. The smallest absolute Gasteiger partial charge is 0.222 e. The number of hydrogen-bond donors (Lipinski definition) is 0. The highest BCUT2D eigenvalue weighted by atomic mass is 32.1. The number of aromatic nitrogens is 1. The van der Waals surface area contributed by atoms with E-state index in [0.717, 1.165) is 69.8 Å². The summed E-state index contributed by atoms with van der Waals surface area (Å²) in [7, 11) is 2.01. The van der Waals surface area contributed by atoms with E-state index in [1.807, 2.05) is 11.9 Å². The first-order valence-corrected chi connectivity index (χ1v) is 13.0. The van der Waals surface area contributed by atoms with Gasteiger partial charge in [-0.15, -0.1) is 0 Å². The molecule has 0 spiro atoms. The molecule has 0 radical (unpaired) electrons. The molecule has 1 saturated heterocycles. The molecule has 6 heteroatoms. The van der Waals surface area contributed by atoms with Crippen LogP contribution < -0.4 is 4.90 Å². The molecule has 0 N–H and O–H groups in total. The zero-order chi connectivity index (χ0) is 21.2. The Morgan fingerprint density at radius 1 is 1.13 bits per heavy atom. The summed E-state index contributed by atoms with van der Waals surface area (Å²) in [6.45, 7) is 6.35. The topological polar surface area (TPSA) is 39.7 Å². The van der Waals surface area contributed by atoms with Crippen LogP contribution in [-0.2, 0) is 4.79 Å². The van der Waals surface area contributed by atoms with Gasteiger partial charge >= 0.3 is 0 Å². The van der Waals surface area contributed by atoms with E-state index in [0.29, 0.717) is 11.8 Å². The number of nitrogens with zero attached hydrogens (tertiary/aromatic N) is 4. The van der Waals surface area contributed by atoms with Gasteiger partial charge in [0.1, 0.15) is 5.82 Å². The van der Waals surface area contributed by atoms with Crippen LogP contribution in [0.1, 0.15) is 44.9 Å². The molecule has 168 valence electrons. The third kappa shape index (κ3) is 4.75. The van der Waals surface area contributed by atoms with Crippen molar-refractivity contribution in [2.75, 3.05) is 51.2 Å². The number of hydrogen-bond acceptors (Lipinski definition) is 5. The molecule has 2 saturated carbocycles. The van der Waals surface area contributed by atoms with Crippen LogP contribution >= 0.6 is 11.5 Å². The van der Waals surface area contributed by atoms with Crippen molar-refractivity contribution in [1.82, 2.24) is 14.2 Å². The molecule has 5 nitrogen and oxygen atoms in total. The molecule has 5 rings (SSSR count). The van der Waals surface area contributed by atoms with Crippen LogP contribution in [0.4, 0.5) is 5.82 Å². The van der Waals surface area contributed by atoms with Gasteiger partial charge in [-0.05, 0) is 80.1 Å². The normalized spacial score (nSPS) is 26.1. The Hall–Kier alpha value is -1.66. The maximum atomic E-state index is 12.6. The van der Waals surface area contributed by atoms with E-state index in [9.17, 15) is 4.79 Å². The average Bonchev–Trinajstić information content (AvgIpc) is 3.52. The quantitative estimate of drug-likeness (QED) is 0.567. The molecule has 31 heavy (non-hydrogen) atoms. The molecule has 1 aliphatic heterocycles. The number of piperazine rings is 1. The predicted octanol–water partition coefficient (Wildman–Crippen LogP) is 4.48. The van der Waals surface area contributed by atoms with Crippen molar-refractivity contribution in [3.63, 3.8) is 0 Å². The number of carbonyl (C=O) groups is 1. The molecule has 1 amide bonds. The average molecular weight is 441 g/mol. The molecule has 2 aromatic rings. The number of benzene rings is 1. The van der Waals surface area contributed by atoms with Crippen molar-refractivity contribution < 1.29 is 4.79 Å². The Morgan fingerprint density at radius 2 is 1.97 bits per heavy atom. The largest absolute Gasteiger partial charge is 0.353 e. The van der Waals surface area contributed by atoms with Crippen LogP contribution in [-0.4, -0.2) is 66.4 Å². The van der Waals surface area contributed by atoms with E-state index in [4.69, 9.17) is 4.37 Å². The fourth-order valence-corrected chi connectivity index (χ4v) is 6.90. The van der Waals surface area contributed by atoms with E-state index in [1.165, 1.54) is 42.2 Å². The van der Waals surface area contributed by atoms with Crippen LogP contribution in [0.3, 0.4) is 0 Å². The lowest BCUT2D eigenvalue weighted by atomic mass is 9.86. The molecule has 1 aromatic heterocycles. The fraction of sp³-hybridized carbons (Fsp3) is 0.680. The summed E-state index contributed by atoms with van der Waals surface area (Å²) in [6, 6.07) is 8.55. The molecule has 3 aliphatic rings. The third-order valence-electron chi connectivity index (χ3n) is 8.00. The second-order valence-corrected chi connectivity index (χ2v) is 10.8. The van der Waals surface area contributed by atoms with Gasteiger partial charge in [-0.1, -0.05) is 18.6 Å². The molecule has 2 aliphatic carbocycles. The van der Waals surface area contributed by atoms with E-state index >= 15 is 0 Å². The first kappa shape index (κ1) is 21.2. The number of carbonyl (C=O) groups excluding carboxylic acids is 1. The summed E-state index contributed by atoms with van der Waals surface area (Å²) in [4.78, 5) is 19.6. The summed E-state index contributed by atoms with van der Waals surface area (Å²) < 4.78 is 5.99. The van der Waals surface area contributed by atoms with Crippen molar-refractivity contribution in [3.05, 3.63) is 24.3 Å². The fourth-order valence-electron chi connectivity index (χ4n) is 6.10. The standard InChI is InChI=1S/C25H36N4OS/c1-27(24(30)18-21-17-19-8-9-20(21)16-19)10-4-5-11-28-12-14-29(15-13-28)25-22-6-2-3-7-23(22)31-26-25/h2-3,6-7,19-21H,4-5,8-18H2,1H3. The van der Waals surface area contributed by atoms with Gasteiger partial charge in [-0.3, -0.25) is 9.69 Å². The van der Waals surface area contributed by atoms with Crippen LogP contribution in [0, 0.1) is 17.8 Å². The zero-order valence-corrected chi connectivity index (χ0v) is 19.7. The predicted molar refractivity (Wildman–Crippen MR) is 129 cm³/mol. The van der Waals surface area contributed by atoms with E-state index < -0.39 is 0 Å². The molecule has 3 fully saturated rings. The van der Waals surface area contributed by atoms with Crippen molar-refractivity contribution in [2.24, 2.45) is 17.8 Å². The van der Waals surface area contributed by atoms with Gasteiger partial charge in [-0.25, -0.2) is 0 Å². The first-order chi connectivity index (χ1) is 15.2. The minimum Gasteiger partial charge on any atom is -0.353 e. The monoisotopic (exact) mass is 440 g/mol. The number of unbranched alkanes of at least 4 members (excludes halogenated alkanes) is 1. The van der Waals surface area contributed by atoms with Gasteiger partial charge in [0.2, 0.25) is 5.91 Å². The maximum absolute atomic E-state index is 12.6. The highest BCUT2D eigenvalue weighted by Gasteiger charge is 2.40.